The summed E-state index contributed by atoms with van der Waals surface area (Å²) in [6, 6.07) is 13.8. The molecule has 0 atom stereocenters. The molecule has 0 aliphatic rings. The molecule has 0 amide bonds. The number of aryl methyl sites for hydroxylation is 1. The maximum atomic E-state index is 5.99. The van der Waals surface area contributed by atoms with Crippen LogP contribution >= 0.6 is 12.2 Å². The Morgan fingerprint density at radius 2 is 2.04 bits per heavy atom. The number of nitrogens with zero attached hydrogens (tertiary/aromatic N) is 1. The summed E-state index contributed by atoms with van der Waals surface area (Å²) in [5.41, 5.74) is 5.81. The monoisotopic (exact) mass is 343 g/mol. The van der Waals surface area contributed by atoms with Crippen molar-refractivity contribution in [3.8, 4) is 11.5 Å². The Hall–Kier alpha value is -2.60. The molecule has 0 spiro atoms. The Bertz CT molecular complexity index is 732. The van der Waals surface area contributed by atoms with Crippen LogP contribution in [0.25, 0.3) is 0 Å². The Kier molecular flexibility index (Phi) is 6.57. The fraction of sp³-hybridized carbons (Fsp3) is 0.222. The number of benzene rings is 2. The van der Waals surface area contributed by atoms with Gasteiger partial charge in [0.1, 0.15) is 6.61 Å². The van der Waals surface area contributed by atoms with Crippen molar-refractivity contribution in [1.82, 2.24) is 10.7 Å². The van der Waals surface area contributed by atoms with Gasteiger partial charge in [-0.2, -0.15) is 5.10 Å². The fourth-order valence-electron chi connectivity index (χ4n) is 2.12. The van der Waals surface area contributed by atoms with Crippen LogP contribution in [-0.2, 0) is 6.61 Å². The molecule has 126 valence electrons. The van der Waals surface area contributed by atoms with E-state index < -0.39 is 0 Å². The second kappa shape index (κ2) is 8.88. The molecule has 0 saturated carbocycles. The van der Waals surface area contributed by atoms with E-state index in [9.17, 15) is 0 Å². The van der Waals surface area contributed by atoms with Crippen LogP contribution in [0.5, 0.6) is 11.5 Å². The highest BCUT2D eigenvalue weighted by molar-refractivity contribution is 7.80. The third kappa shape index (κ3) is 4.96. The van der Waals surface area contributed by atoms with Crippen LogP contribution < -0.4 is 20.2 Å². The molecule has 0 heterocycles. The molecular formula is C18H21N3O2S. The fourth-order valence-corrected chi connectivity index (χ4v) is 2.18. The molecule has 24 heavy (non-hydrogen) atoms. The van der Waals surface area contributed by atoms with E-state index in [2.05, 4.69) is 34.9 Å². The minimum absolute atomic E-state index is 0.441. The lowest BCUT2D eigenvalue weighted by Gasteiger charge is -2.13. The lowest BCUT2D eigenvalue weighted by Crippen LogP contribution is -2.28. The van der Waals surface area contributed by atoms with E-state index in [1.54, 1.807) is 20.4 Å². The van der Waals surface area contributed by atoms with Crippen molar-refractivity contribution in [3.63, 3.8) is 0 Å². The third-order valence-electron chi connectivity index (χ3n) is 3.29. The van der Waals surface area contributed by atoms with Crippen molar-refractivity contribution in [2.45, 2.75) is 13.5 Å². The van der Waals surface area contributed by atoms with Crippen LogP contribution in [0, 0.1) is 6.92 Å². The normalized spacial score (nSPS) is 10.5. The van der Waals surface area contributed by atoms with Crippen molar-refractivity contribution >= 4 is 23.5 Å². The number of hydrazone groups is 1. The van der Waals surface area contributed by atoms with Gasteiger partial charge in [-0.1, -0.05) is 35.9 Å². The molecule has 0 bridgehead atoms. The maximum absolute atomic E-state index is 5.99. The first-order valence-corrected chi connectivity index (χ1v) is 7.91. The van der Waals surface area contributed by atoms with Gasteiger partial charge in [-0.25, -0.2) is 0 Å². The SMILES string of the molecule is CNC(=S)N/N=C/c1cccc(OC)c1OCc1cccc(C)c1. The van der Waals surface area contributed by atoms with Gasteiger partial charge in [-0.05, 0) is 36.8 Å². The van der Waals surface area contributed by atoms with Crippen LogP contribution in [0.3, 0.4) is 0 Å². The summed E-state index contributed by atoms with van der Waals surface area (Å²) in [4.78, 5) is 0. The van der Waals surface area contributed by atoms with Gasteiger partial charge in [0, 0.05) is 12.6 Å². The Morgan fingerprint density at radius 1 is 1.25 bits per heavy atom. The first kappa shape index (κ1) is 17.7. The number of rotatable bonds is 6. The standard InChI is InChI=1S/C18H21N3O2S/c1-13-6-4-7-14(10-13)12-23-17-15(8-5-9-16(17)22-3)11-20-21-18(24)19-2/h4-11H,12H2,1-3H3,(H2,19,21,24)/b20-11+. The van der Waals surface area contributed by atoms with Crippen LogP contribution in [0.4, 0.5) is 0 Å². The van der Waals surface area contributed by atoms with Gasteiger partial charge in [-0.15, -0.1) is 0 Å². The van der Waals surface area contributed by atoms with Crippen molar-refractivity contribution < 1.29 is 9.47 Å². The zero-order chi connectivity index (χ0) is 17.4. The smallest absolute Gasteiger partial charge is 0.186 e. The van der Waals surface area contributed by atoms with Crippen LogP contribution in [0.15, 0.2) is 47.6 Å². The minimum atomic E-state index is 0.441. The lowest BCUT2D eigenvalue weighted by molar-refractivity contribution is 0.284. The largest absolute Gasteiger partial charge is 0.493 e. The van der Waals surface area contributed by atoms with Gasteiger partial charge >= 0.3 is 0 Å². The predicted octanol–water partition coefficient (Wildman–Crippen LogP) is 3.01. The molecule has 0 unspecified atom stereocenters. The van der Waals surface area contributed by atoms with Crippen molar-refractivity contribution in [3.05, 3.63) is 59.2 Å². The molecule has 0 aliphatic heterocycles. The quantitative estimate of drug-likeness (QED) is 0.480. The van der Waals surface area contributed by atoms with Crippen LogP contribution in [0.1, 0.15) is 16.7 Å². The van der Waals surface area contributed by atoms with E-state index in [1.165, 1.54) is 5.56 Å². The van der Waals surface area contributed by atoms with Crippen molar-refractivity contribution in [2.75, 3.05) is 14.2 Å². The van der Waals surface area contributed by atoms with Gasteiger partial charge in [0.2, 0.25) is 0 Å². The number of nitrogens with one attached hydrogen (secondary N) is 2. The molecule has 0 aliphatic carbocycles. The molecule has 0 fully saturated rings. The number of ether oxygens (including phenoxy) is 2. The van der Waals surface area contributed by atoms with Gasteiger partial charge in [0.25, 0.3) is 0 Å². The van der Waals surface area contributed by atoms with Crippen LogP contribution in [0.2, 0.25) is 0 Å². The lowest BCUT2D eigenvalue weighted by atomic mass is 10.1. The summed E-state index contributed by atoms with van der Waals surface area (Å²) >= 11 is 4.99. The highest BCUT2D eigenvalue weighted by atomic mass is 32.1. The molecule has 2 N–H and O–H groups in total. The van der Waals surface area contributed by atoms with E-state index in [0.29, 0.717) is 23.2 Å². The summed E-state index contributed by atoms with van der Waals surface area (Å²) in [6.07, 6.45) is 1.65. The molecule has 5 nitrogen and oxygen atoms in total. The Morgan fingerprint density at radius 3 is 2.75 bits per heavy atom. The number of hydrogen-bond donors (Lipinski definition) is 2. The molecule has 0 saturated heterocycles. The average molecular weight is 343 g/mol. The third-order valence-corrected chi connectivity index (χ3v) is 3.59. The summed E-state index contributed by atoms with van der Waals surface area (Å²) in [5, 5.41) is 7.34. The molecule has 2 aromatic rings. The molecule has 2 aromatic carbocycles. The second-order valence-corrected chi connectivity index (χ2v) is 5.51. The molecular weight excluding hydrogens is 322 g/mol. The average Bonchev–Trinajstić information content (AvgIpc) is 2.60. The molecule has 0 radical (unpaired) electrons. The van der Waals surface area contributed by atoms with E-state index in [-0.39, 0.29) is 0 Å². The van der Waals surface area contributed by atoms with E-state index >= 15 is 0 Å². The summed E-state index contributed by atoms with van der Waals surface area (Å²) < 4.78 is 11.4. The zero-order valence-corrected chi connectivity index (χ0v) is 14.8. The van der Waals surface area contributed by atoms with Gasteiger partial charge < -0.3 is 14.8 Å². The highest BCUT2D eigenvalue weighted by Crippen LogP contribution is 2.30. The highest BCUT2D eigenvalue weighted by Gasteiger charge is 2.09. The maximum Gasteiger partial charge on any atom is 0.186 e. The van der Waals surface area contributed by atoms with Crippen molar-refractivity contribution in [2.24, 2.45) is 5.10 Å². The van der Waals surface area contributed by atoms with Crippen molar-refractivity contribution in [1.29, 1.82) is 0 Å². The summed E-state index contributed by atoms with van der Waals surface area (Å²) in [5.74, 6) is 1.30. The number of thiocarbonyl (C=S) groups is 1. The summed E-state index contributed by atoms with van der Waals surface area (Å²) in [6.45, 7) is 2.51. The molecule has 2 rings (SSSR count). The number of para-hydroxylation sites is 1. The van der Waals surface area contributed by atoms with E-state index in [4.69, 9.17) is 21.7 Å². The Balaban J connectivity index is 2.18. The van der Waals surface area contributed by atoms with Gasteiger partial charge in [0.15, 0.2) is 16.6 Å². The Labute approximate surface area is 147 Å². The topological polar surface area (TPSA) is 54.9 Å². The molecule has 0 aromatic heterocycles. The van der Waals surface area contributed by atoms with E-state index in [1.807, 2.05) is 30.3 Å². The van der Waals surface area contributed by atoms with Gasteiger partial charge in [0.05, 0.1) is 13.3 Å². The zero-order valence-electron chi connectivity index (χ0n) is 14.0. The predicted molar refractivity (Wildman–Crippen MR) is 101 cm³/mol. The first-order chi connectivity index (χ1) is 11.6. The van der Waals surface area contributed by atoms with Crippen LogP contribution in [-0.4, -0.2) is 25.5 Å². The number of methoxy groups -OCH3 is 1. The second-order valence-electron chi connectivity index (χ2n) is 5.11. The minimum Gasteiger partial charge on any atom is -0.493 e. The van der Waals surface area contributed by atoms with Gasteiger partial charge in [-0.3, -0.25) is 5.43 Å². The molecule has 6 heteroatoms. The first-order valence-electron chi connectivity index (χ1n) is 7.50. The summed E-state index contributed by atoms with van der Waals surface area (Å²) in [7, 11) is 3.34. The number of hydrogen-bond acceptors (Lipinski definition) is 4. The van der Waals surface area contributed by atoms with E-state index in [0.717, 1.165) is 11.1 Å².